The van der Waals surface area contributed by atoms with Crippen LogP contribution < -0.4 is 0 Å². The van der Waals surface area contributed by atoms with Crippen LogP contribution in [0.15, 0.2) is 59.6 Å². The topological polar surface area (TPSA) is 21.6 Å². The van der Waals surface area contributed by atoms with Crippen LogP contribution in [0.3, 0.4) is 0 Å². The van der Waals surface area contributed by atoms with Gasteiger partial charge in [-0.15, -0.1) is 0 Å². The first kappa shape index (κ1) is 14.6. The molecule has 2 nitrogen and oxygen atoms in total. The largest absolute Gasteiger partial charge is 0.471 e. The minimum atomic E-state index is -0.304. The first-order chi connectivity index (χ1) is 9.44. The molecule has 0 N–H and O–H groups in total. The molecule has 2 aromatic carbocycles. The van der Waals surface area contributed by atoms with Crippen LogP contribution in [0.2, 0.25) is 5.02 Å². The zero-order valence-corrected chi connectivity index (χ0v) is 12.7. The molecule has 0 unspecified atom stereocenters. The molecule has 0 saturated carbocycles. The summed E-state index contributed by atoms with van der Waals surface area (Å²) in [4.78, 5) is 4.59. The average Bonchev–Trinajstić information content (AvgIpc) is 2.40. The number of benzene rings is 2. The van der Waals surface area contributed by atoms with E-state index in [4.69, 9.17) is 16.3 Å². The van der Waals surface area contributed by atoms with E-state index in [1.54, 1.807) is 0 Å². The van der Waals surface area contributed by atoms with Crippen molar-refractivity contribution in [1.82, 2.24) is 0 Å². The molecule has 0 aliphatic heterocycles. The molecule has 0 radical (unpaired) electrons. The van der Waals surface area contributed by atoms with Crippen LogP contribution in [0.25, 0.3) is 0 Å². The highest BCUT2D eigenvalue weighted by Crippen LogP contribution is 2.20. The molecule has 0 aliphatic rings. The van der Waals surface area contributed by atoms with Crippen molar-refractivity contribution in [1.29, 1.82) is 0 Å². The Morgan fingerprint density at radius 1 is 0.950 bits per heavy atom. The molecular weight excluding hydrogens is 270 g/mol. The van der Waals surface area contributed by atoms with Crippen molar-refractivity contribution in [3.05, 3.63) is 65.2 Å². The maximum absolute atomic E-state index is 5.98. The van der Waals surface area contributed by atoms with E-state index < -0.39 is 0 Å². The van der Waals surface area contributed by atoms with E-state index in [1.165, 1.54) is 0 Å². The number of rotatable bonds is 2. The van der Waals surface area contributed by atoms with Crippen molar-refractivity contribution in [2.45, 2.75) is 26.4 Å². The lowest BCUT2D eigenvalue weighted by atomic mass is 10.1. The number of halogens is 1. The molecule has 0 aliphatic carbocycles. The zero-order valence-electron chi connectivity index (χ0n) is 11.9. The molecule has 2 aromatic rings. The van der Waals surface area contributed by atoms with Gasteiger partial charge in [0.1, 0.15) is 5.60 Å². The fraction of sp³-hybridized carbons (Fsp3) is 0.235. The molecule has 0 saturated heterocycles. The molecular formula is C17H18ClNO. The van der Waals surface area contributed by atoms with Gasteiger partial charge in [0.05, 0.1) is 5.69 Å². The average molecular weight is 288 g/mol. The molecule has 0 aromatic heterocycles. The van der Waals surface area contributed by atoms with Gasteiger partial charge in [0.2, 0.25) is 5.90 Å². The van der Waals surface area contributed by atoms with E-state index in [9.17, 15) is 0 Å². The van der Waals surface area contributed by atoms with Crippen molar-refractivity contribution in [2.75, 3.05) is 0 Å². The van der Waals surface area contributed by atoms with E-state index in [1.807, 2.05) is 75.4 Å². The third kappa shape index (κ3) is 4.39. The SMILES string of the molecule is CC(C)(C)OC(=Nc1ccc(Cl)cc1)c1ccccc1. The Labute approximate surface area is 125 Å². The van der Waals surface area contributed by atoms with E-state index in [-0.39, 0.29) is 5.60 Å². The highest BCUT2D eigenvalue weighted by atomic mass is 35.5. The summed E-state index contributed by atoms with van der Waals surface area (Å²) >= 11 is 5.89. The van der Waals surface area contributed by atoms with Crippen molar-refractivity contribution in [3.8, 4) is 0 Å². The Morgan fingerprint density at radius 2 is 1.55 bits per heavy atom. The van der Waals surface area contributed by atoms with Gasteiger partial charge in [-0.3, -0.25) is 0 Å². The Kier molecular flexibility index (Phi) is 4.46. The molecule has 0 spiro atoms. The molecule has 0 heterocycles. The van der Waals surface area contributed by atoms with E-state index >= 15 is 0 Å². The quantitative estimate of drug-likeness (QED) is 0.547. The molecule has 0 bridgehead atoms. The summed E-state index contributed by atoms with van der Waals surface area (Å²) in [7, 11) is 0. The molecule has 0 amide bonds. The first-order valence-corrected chi connectivity index (χ1v) is 6.90. The first-order valence-electron chi connectivity index (χ1n) is 6.53. The molecule has 20 heavy (non-hydrogen) atoms. The highest BCUT2D eigenvalue weighted by Gasteiger charge is 2.16. The van der Waals surface area contributed by atoms with Crippen LogP contribution in [0.4, 0.5) is 5.69 Å². The normalized spacial score (nSPS) is 12.3. The van der Waals surface area contributed by atoms with Gasteiger partial charge in [0.25, 0.3) is 0 Å². The van der Waals surface area contributed by atoms with Crippen LogP contribution >= 0.6 is 11.6 Å². The van der Waals surface area contributed by atoms with Crippen molar-refractivity contribution < 1.29 is 4.74 Å². The molecule has 3 heteroatoms. The Bertz CT molecular complexity index is 583. The smallest absolute Gasteiger partial charge is 0.221 e. The van der Waals surface area contributed by atoms with E-state index in [0.29, 0.717) is 10.9 Å². The number of ether oxygens (including phenoxy) is 1. The highest BCUT2D eigenvalue weighted by molar-refractivity contribution is 6.30. The summed E-state index contributed by atoms with van der Waals surface area (Å²) in [6.45, 7) is 6.02. The third-order valence-electron chi connectivity index (χ3n) is 2.48. The second-order valence-electron chi connectivity index (χ2n) is 5.47. The lowest BCUT2D eigenvalue weighted by Crippen LogP contribution is -2.24. The summed E-state index contributed by atoms with van der Waals surface area (Å²) in [6, 6.07) is 17.3. The summed E-state index contributed by atoms with van der Waals surface area (Å²) in [5, 5.41) is 0.696. The lowest BCUT2D eigenvalue weighted by molar-refractivity contribution is 0.118. The maximum Gasteiger partial charge on any atom is 0.221 e. The van der Waals surface area contributed by atoms with Gasteiger partial charge < -0.3 is 4.74 Å². The minimum Gasteiger partial charge on any atom is -0.471 e. The number of hydrogen-bond donors (Lipinski definition) is 0. The predicted octanol–water partition coefficient (Wildman–Crippen LogP) is 5.23. The maximum atomic E-state index is 5.98. The van der Waals surface area contributed by atoms with E-state index in [2.05, 4.69) is 4.99 Å². The predicted molar refractivity (Wildman–Crippen MR) is 84.9 cm³/mol. The third-order valence-corrected chi connectivity index (χ3v) is 2.73. The fourth-order valence-corrected chi connectivity index (χ4v) is 1.78. The van der Waals surface area contributed by atoms with Gasteiger partial charge in [-0.05, 0) is 57.2 Å². The van der Waals surface area contributed by atoms with Crippen molar-refractivity contribution in [2.24, 2.45) is 4.99 Å². The standard InChI is InChI=1S/C17H18ClNO/c1-17(2,3)20-16(13-7-5-4-6-8-13)19-15-11-9-14(18)10-12-15/h4-12H,1-3H3. The monoisotopic (exact) mass is 287 g/mol. The summed E-state index contributed by atoms with van der Waals surface area (Å²) < 4.78 is 5.98. The Morgan fingerprint density at radius 3 is 2.10 bits per heavy atom. The van der Waals surface area contributed by atoms with Gasteiger partial charge in [-0.25, -0.2) is 4.99 Å². The second kappa shape index (κ2) is 6.10. The Balaban J connectivity index is 2.38. The van der Waals surface area contributed by atoms with Gasteiger partial charge in [0.15, 0.2) is 0 Å². The van der Waals surface area contributed by atoms with Gasteiger partial charge >= 0.3 is 0 Å². The van der Waals surface area contributed by atoms with Crippen LogP contribution in [-0.2, 0) is 4.74 Å². The minimum absolute atomic E-state index is 0.304. The zero-order chi connectivity index (χ0) is 14.6. The summed E-state index contributed by atoms with van der Waals surface area (Å²) in [5.41, 5.74) is 1.47. The fourth-order valence-electron chi connectivity index (χ4n) is 1.65. The van der Waals surface area contributed by atoms with Crippen LogP contribution in [-0.4, -0.2) is 11.5 Å². The van der Waals surface area contributed by atoms with Gasteiger partial charge in [-0.1, -0.05) is 29.8 Å². The van der Waals surface area contributed by atoms with Crippen LogP contribution in [0.5, 0.6) is 0 Å². The van der Waals surface area contributed by atoms with E-state index in [0.717, 1.165) is 11.3 Å². The molecule has 0 atom stereocenters. The van der Waals surface area contributed by atoms with Crippen LogP contribution in [0, 0.1) is 0 Å². The van der Waals surface area contributed by atoms with Gasteiger partial charge in [0, 0.05) is 10.6 Å². The Hall–Kier alpha value is -1.80. The summed E-state index contributed by atoms with van der Waals surface area (Å²) in [5.74, 6) is 0.612. The lowest BCUT2D eigenvalue weighted by Gasteiger charge is -2.22. The molecule has 0 fully saturated rings. The van der Waals surface area contributed by atoms with Gasteiger partial charge in [-0.2, -0.15) is 0 Å². The number of aliphatic imine (C=N–C) groups is 1. The van der Waals surface area contributed by atoms with Crippen LogP contribution in [0.1, 0.15) is 26.3 Å². The number of nitrogens with zero attached hydrogens (tertiary/aromatic N) is 1. The van der Waals surface area contributed by atoms with Crippen molar-refractivity contribution in [3.63, 3.8) is 0 Å². The molecule has 2 rings (SSSR count). The number of hydrogen-bond acceptors (Lipinski definition) is 2. The molecule has 104 valence electrons. The van der Waals surface area contributed by atoms with Crippen molar-refractivity contribution >= 4 is 23.2 Å². The second-order valence-corrected chi connectivity index (χ2v) is 5.91. The summed E-state index contributed by atoms with van der Waals surface area (Å²) in [6.07, 6.45) is 0.